The monoisotopic (exact) mass is 172 g/mol. The van der Waals surface area contributed by atoms with Gasteiger partial charge in [0.05, 0.1) is 0 Å². The molecule has 0 saturated heterocycles. The Morgan fingerprint density at radius 1 is 1.36 bits per heavy atom. The minimum absolute atomic E-state index is 0.623. The summed E-state index contributed by atoms with van der Waals surface area (Å²) in [6, 6.07) is 0. The maximum absolute atomic E-state index is 5.93. The number of rotatable bonds is 1. The number of halogens is 1. The highest BCUT2D eigenvalue weighted by Gasteiger charge is 2.53. The summed E-state index contributed by atoms with van der Waals surface area (Å²) in [7, 11) is 0. The molecule has 3 rings (SSSR count). The molecule has 0 aliphatic heterocycles. The zero-order valence-corrected chi connectivity index (χ0v) is 8.19. The Balaban J connectivity index is 2.10. The highest BCUT2D eigenvalue weighted by molar-refractivity contribution is 6.18. The van der Waals surface area contributed by atoms with Crippen LogP contribution in [0.5, 0.6) is 0 Å². The zero-order valence-electron chi connectivity index (χ0n) is 7.44. The van der Waals surface area contributed by atoms with Crippen molar-refractivity contribution in [1.29, 1.82) is 0 Å². The van der Waals surface area contributed by atoms with Crippen molar-refractivity contribution in [2.24, 2.45) is 23.2 Å². The molecule has 3 aliphatic carbocycles. The van der Waals surface area contributed by atoms with Crippen LogP contribution in [-0.2, 0) is 0 Å². The number of fused-ring (bicyclic) bond motifs is 2. The van der Waals surface area contributed by atoms with Gasteiger partial charge in [0.1, 0.15) is 0 Å². The molecule has 0 spiro atoms. The van der Waals surface area contributed by atoms with Crippen molar-refractivity contribution in [3.8, 4) is 0 Å². The van der Waals surface area contributed by atoms with Crippen LogP contribution < -0.4 is 0 Å². The largest absolute Gasteiger partial charge is 0.126 e. The van der Waals surface area contributed by atoms with Gasteiger partial charge < -0.3 is 0 Å². The van der Waals surface area contributed by atoms with Crippen molar-refractivity contribution in [3.05, 3.63) is 0 Å². The van der Waals surface area contributed by atoms with E-state index in [0.29, 0.717) is 5.41 Å². The summed E-state index contributed by atoms with van der Waals surface area (Å²) in [5.41, 5.74) is 0.623. The Morgan fingerprint density at radius 2 is 2.09 bits per heavy atom. The van der Waals surface area contributed by atoms with Crippen LogP contribution in [0.2, 0.25) is 0 Å². The molecular weight excluding hydrogens is 156 g/mol. The van der Waals surface area contributed by atoms with E-state index in [2.05, 4.69) is 13.8 Å². The molecule has 1 heteroatoms. The summed E-state index contributed by atoms with van der Waals surface area (Å²) in [6.45, 7) is 4.84. The summed E-state index contributed by atoms with van der Waals surface area (Å²) >= 11 is 5.93. The summed E-state index contributed by atoms with van der Waals surface area (Å²) in [6.07, 6.45) is 4.29. The summed E-state index contributed by atoms with van der Waals surface area (Å²) in [5.74, 6) is 3.68. The molecular formula is C10H17Cl. The molecule has 11 heavy (non-hydrogen) atoms. The van der Waals surface area contributed by atoms with E-state index in [0.717, 1.165) is 23.6 Å². The van der Waals surface area contributed by atoms with Gasteiger partial charge in [-0.05, 0) is 42.4 Å². The minimum Gasteiger partial charge on any atom is -0.126 e. The highest BCUT2D eigenvalue weighted by atomic mass is 35.5. The molecule has 0 heterocycles. The summed E-state index contributed by atoms with van der Waals surface area (Å²) < 4.78 is 0. The third-order valence-corrected chi connectivity index (χ3v) is 4.60. The van der Waals surface area contributed by atoms with Gasteiger partial charge in [0.2, 0.25) is 0 Å². The van der Waals surface area contributed by atoms with Gasteiger partial charge in [-0.2, -0.15) is 0 Å². The van der Waals surface area contributed by atoms with Gasteiger partial charge in [-0.25, -0.2) is 0 Å². The van der Waals surface area contributed by atoms with Crippen molar-refractivity contribution >= 4 is 11.6 Å². The lowest BCUT2D eigenvalue weighted by Crippen LogP contribution is -2.52. The summed E-state index contributed by atoms with van der Waals surface area (Å²) in [5, 5.41) is 0. The topological polar surface area (TPSA) is 0 Å². The van der Waals surface area contributed by atoms with E-state index in [1.807, 2.05) is 0 Å². The summed E-state index contributed by atoms with van der Waals surface area (Å²) in [4.78, 5) is 0. The van der Waals surface area contributed by atoms with Crippen LogP contribution >= 0.6 is 11.6 Å². The number of hydrogen-bond acceptors (Lipinski definition) is 0. The van der Waals surface area contributed by atoms with Crippen molar-refractivity contribution in [3.63, 3.8) is 0 Å². The average molecular weight is 173 g/mol. The van der Waals surface area contributed by atoms with E-state index in [4.69, 9.17) is 11.6 Å². The standard InChI is InChI=1S/C10H17Cl/c1-10(2)8-4-3-7(6-11)9(10)5-8/h7-9H,3-6H2,1-2H3/t7-,8-,9-/m1/s1. The van der Waals surface area contributed by atoms with E-state index in [1.54, 1.807) is 0 Å². The van der Waals surface area contributed by atoms with Crippen LogP contribution in [-0.4, -0.2) is 5.88 Å². The predicted molar refractivity (Wildman–Crippen MR) is 48.8 cm³/mol. The lowest BCUT2D eigenvalue weighted by molar-refractivity contribution is -0.0977. The maximum atomic E-state index is 5.93. The Kier molecular flexibility index (Phi) is 1.72. The molecule has 0 aromatic rings. The second-order valence-corrected chi connectivity index (χ2v) is 5.16. The molecule has 3 saturated carbocycles. The molecule has 2 bridgehead atoms. The molecule has 0 unspecified atom stereocenters. The molecule has 0 aromatic heterocycles. The SMILES string of the molecule is CC1(C)[C@@H]2CC[C@H](CCl)[C@H]1C2. The Morgan fingerprint density at radius 3 is 2.45 bits per heavy atom. The molecule has 3 aliphatic rings. The van der Waals surface area contributed by atoms with Crippen molar-refractivity contribution in [2.45, 2.75) is 33.1 Å². The lowest BCUT2D eigenvalue weighted by atomic mass is 9.46. The zero-order chi connectivity index (χ0) is 8.06. The maximum Gasteiger partial charge on any atom is 0.0254 e. The Bertz CT molecular complexity index is 160. The molecule has 0 radical (unpaired) electrons. The van der Waals surface area contributed by atoms with E-state index in [9.17, 15) is 0 Å². The molecule has 3 atom stereocenters. The fourth-order valence-electron chi connectivity index (χ4n) is 3.15. The number of hydrogen-bond donors (Lipinski definition) is 0. The van der Waals surface area contributed by atoms with Gasteiger partial charge in [0, 0.05) is 5.88 Å². The van der Waals surface area contributed by atoms with E-state index >= 15 is 0 Å². The average Bonchev–Trinajstić information content (AvgIpc) is 2.04. The van der Waals surface area contributed by atoms with Gasteiger partial charge in [-0.3, -0.25) is 0 Å². The first-order valence-corrected chi connectivity index (χ1v) is 5.25. The van der Waals surface area contributed by atoms with Gasteiger partial charge in [0.15, 0.2) is 0 Å². The fraction of sp³-hybridized carbons (Fsp3) is 1.00. The first-order chi connectivity index (χ1) is 5.16. The van der Waals surface area contributed by atoms with E-state index in [1.165, 1.54) is 19.3 Å². The van der Waals surface area contributed by atoms with Crippen LogP contribution in [0.3, 0.4) is 0 Å². The van der Waals surface area contributed by atoms with Gasteiger partial charge in [-0.1, -0.05) is 13.8 Å². The van der Waals surface area contributed by atoms with Crippen molar-refractivity contribution in [2.75, 3.05) is 5.88 Å². The molecule has 0 N–H and O–H groups in total. The second-order valence-electron chi connectivity index (χ2n) is 4.85. The quantitative estimate of drug-likeness (QED) is 0.533. The first kappa shape index (κ1) is 7.91. The van der Waals surface area contributed by atoms with E-state index < -0.39 is 0 Å². The van der Waals surface area contributed by atoms with E-state index in [-0.39, 0.29) is 0 Å². The number of alkyl halides is 1. The van der Waals surface area contributed by atoms with Crippen LogP contribution in [0.1, 0.15) is 33.1 Å². The Labute approximate surface area is 74.3 Å². The molecule has 0 nitrogen and oxygen atoms in total. The van der Waals surface area contributed by atoms with Crippen molar-refractivity contribution in [1.82, 2.24) is 0 Å². The lowest BCUT2D eigenvalue weighted by Gasteiger charge is -2.60. The minimum atomic E-state index is 0.623. The van der Waals surface area contributed by atoms with Crippen molar-refractivity contribution < 1.29 is 0 Å². The first-order valence-electron chi connectivity index (χ1n) is 4.72. The molecule has 0 amide bonds. The van der Waals surface area contributed by atoms with Crippen LogP contribution in [0.4, 0.5) is 0 Å². The molecule has 3 fully saturated rings. The normalized spacial score (nSPS) is 46.6. The molecule has 0 aromatic carbocycles. The smallest absolute Gasteiger partial charge is 0.0254 e. The highest BCUT2D eigenvalue weighted by Crippen LogP contribution is 2.61. The second kappa shape index (κ2) is 2.39. The van der Waals surface area contributed by atoms with Gasteiger partial charge in [0.25, 0.3) is 0 Å². The third kappa shape index (κ3) is 0.950. The Hall–Kier alpha value is 0.290. The third-order valence-electron chi connectivity index (χ3n) is 4.20. The van der Waals surface area contributed by atoms with Gasteiger partial charge >= 0.3 is 0 Å². The van der Waals surface area contributed by atoms with Gasteiger partial charge in [-0.15, -0.1) is 11.6 Å². The van der Waals surface area contributed by atoms with Crippen LogP contribution in [0.25, 0.3) is 0 Å². The predicted octanol–water partition coefficient (Wildman–Crippen LogP) is 3.30. The van der Waals surface area contributed by atoms with Crippen LogP contribution in [0.15, 0.2) is 0 Å². The molecule has 64 valence electrons. The van der Waals surface area contributed by atoms with Crippen LogP contribution in [0, 0.1) is 23.2 Å². The fourth-order valence-corrected chi connectivity index (χ4v) is 3.52.